The van der Waals surface area contributed by atoms with Gasteiger partial charge in [0.1, 0.15) is 34.1 Å². The van der Waals surface area contributed by atoms with Gasteiger partial charge in [-0.25, -0.2) is 13.4 Å². The number of rotatable bonds is 10. The van der Waals surface area contributed by atoms with E-state index in [9.17, 15) is 8.42 Å². The smallest absolute Gasteiger partial charge is 0.170 e. The van der Waals surface area contributed by atoms with Gasteiger partial charge in [-0.3, -0.25) is 9.55 Å². The maximum absolute atomic E-state index is 13.8. The number of ether oxygens (including phenoxy) is 3. The van der Waals surface area contributed by atoms with Crippen molar-refractivity contribution in [3.63, 3.8) is 0 Å². The first-order chi connectivity index (χ1) is 18.1. The molecule has 1 aromatic carbocycles. The molecule has 0 aliphatic heterocycles. The minimum atomic E-state index is -3.80. The van der Waals surface area contributed by atoms with Crippen LogP contribution < -0.4 is 9.47 Å². The van der Waals surface area contributed by atoms with E-state index in [1.165, 1.54) is 32.7 Å². The number of hydrogen-bond acceptors (Lipinski definition) is 10. The van der Waals surface area contributed by atoms with E-state index in [-0.39, 0.29) is 5.82 Å². The summed E-state index contributed by atoms with van der Waals surface area (Å²) in [7, 11) is 0.768. The highest BCUT2D eigenvalue weighted by atomic mass is 32.2. The number of thiazole rings is 1. The van der Waals surface area contributed by atoms with E-state index in [1.807, 2.05) is 26.8 Å². The monoisotopic (exact) mass is 557 g/mol. The van der Waals surface area contributed by atoms with Gasteiger partial charge in [0.25, 0.3) is 0 Å². The Balaban J connectivity index is 1.85. The second-order valence-electron chi connectivity index (χ2n) is 8.90. The average molecular weight is 558 g/mol. The van der Waals surface area contributed by atoms with Crippen molar-refractivity contribution in [2.45, 2.75) is 44.8 Å². The molecular formula is C26H31N5O5S2. The van der Waals surface area contributed by atoms with E-state index >= 15 is 0 Å². The summed E-state index contributed by atoms with van der Waals surface area (Å²) in [6.07, 6.45) is 2.66. The van der Waals surface area contributed by atoms with Crippen molar-refractivity contribution in [2.75, 3.05) is 21.3 Å². The fraction of sp³-hybridized carbons (Fsp3) is 0.385. The molecule has 0 saturated heterocycles. The molecule has 0 spiro atoms. The third kappa shape index (κ3) is 5.29. The fourth-order valence-electron chi connectivity index (χ4n) is 4.17. The number of sulfone groups is 1. The zero-order valence-electron chi connectivity index (χ0n) is 22.4. The molecule has 0 radical (unpaired) electrons. The first-order valence-electron chi connectivity index (χ1n) is 11.9. The maximum Gasteiger partial charge on any atom is 0.170 e. The molecule has 0 saturated carbocycles. The molecule has 3 heterocycles. The molecule has 0 aliphatic carbocycles. The number of aryl methyl sites for hydroxylation is 3. The summed E-state index contributed by atoms with van der Waals surface area (Å²) in [5.41, 5.74) is 2.94. The van der Waals surface area contributed by atoms with Gasteiger partial charge in [0.15, 0.2) is 21.5 Å². The van der Waals surface area contributed by atoms with E-state index in [4.69, 9.17) is 14.2 Å². The molecule has 0 aliphatic rings. The van der Waals surface area contributed by atoms with Gasteiger partial charge in [0.2, 0.25) is 0 Å². The molecule has 12 heteroatoms. The molecule has 0 N–H and O–H groups in total. The van der Waals surface area contributed by atoms with Crippen LogP contribution in [0.15, 0.2) is 36.7 Å². The van der Waals surface area contributed by atoms with Gasteiger partial charge in [-0.1, -0.05) is 6.07 Å². The van der Waals surface area contributed by atoms with Gasteiger partial charge < -0.3 is 14.2 Å². The third-order valence-corrected chi connectivity index (χ3v) is 9.53. The molecule has 202 valence electrons. The lowest BCUT2D eigenvalue weighted by molar-refractivity contribution is 0.102. The highest BCUT2D eigenvalue weighted by Gasteiger charge is 2.35. The van der Waals surface area contributed by atoms with Crippen LogP contribution in [0.5, 0.6) is 11.5 Å². The van der Waals surface area contributed by atoms with Crippen molar-refractivity contribution in [3.05, 3.63) is 63.6 Å². The summed E-state index contributed by atoms with van der Waals surface area (Å²) in [5.74, 6) is 1.17. The summed E-state index contributed by atoms with van der Waals surface area (Å²) in [4.78, 5) is 9.85. The zero-order chi connectivity index (χ0) is 27.6. The van der Waals surface area contributed by atoms with Crippen LogP contribution in [0.1, 0.15) is 40.0 Å². The highest BCUT2D eigenvalue weighted by molar-refractivity contribution is 7.91. The lowest BCUT2D eigenvalue weighted by Gasteiger charge is -2.22. The van der Waals surface area contributed by atoms with E-state index in [0.29, 0.717) is 33.6 Å². The quantitative estimate of drug-likeness (QED) is 0.279. The molecular weight excluding hydrogens is 526 g/mol. The Kier molecular flexibility index (Phi) is 8.14. The van der Waals surface area contributed by atoms with Crippen molar-refractivity contribution < 1.29 is 22.6 Å². The number of methoxy groups -OCH3 is 3. The molecule has 38 heavy (non-hydrogen) atoms. The van der Waals surface area contributed by atoms with Crippen LogP contribution >= 0.6 is 11.3 Å². The number of pyridine rings is 1. The summed E-state index contributed by atoms with van der Waals surface area (Å²) < 4.78 is 46.2. The van der Waals surface area contributed by atoms with Crippen molar-refractivity contribution >= 4 is 21.2 Å². The first-order valence-corrected chi connectivity index (χ1v) is 14.4. The molecule has 4 aromatic rings. The molecule has 0 bridgehead atoms. The Morgan fingerprint density at radius 1 is 1.03 bits per heavy atom. The molecule has 10 nitrogen and oxygen atoms in total. The Morgan fingerprint density at radius 3 is 2.26 bits per heavy atom. The summed E-state index contributed by atoms with van der Waals surface area (Å²) in [6.45, 7) is 7.39. The minimum absolute atomic E-state index is 0.206. The van der Waals surface area contributed by atoms with E-state index in [1.54, 1.807) is 42.1 Å². The second-order valence-corrected chi connectivity index (χ2v) is 12.5. The van der Waals surface area contributed by atoms with Crippen molar-refractivity contribution in [1.82, 2.24) is 24.7 Å². The van der Waals surface area contributed by atoms with Crippen LogP contribution in [0, 0.1) is 20.8 Å². The van der Waals surface area contributed by atoms with E-state index < -0.39 is 26.9 Å². The SMILES string of the molecule is COc1cccc(OC)c1-n1c(CS(=O)(=O)[C@H](C)[C@@H](OC)c2nc(C)c(C)s2)nnc1-c1cncc(C)c1. The summed E-state index contributed by atoms with van der Waals surface area (Å²) >= 11 is 1.44. The van der Waals surface area contributed by atoms with Crippen LogP contribution in [0.3, 0.4) is 0 Å². The molecule has 2 atom stereocenters. The van der Waals surface area contributed by atoms with Gasteiger partial charge in [0.05, 0.1) is 25.2 Å². The molecule has 3 aromatic heterocycles. The Hall–Kier alpha value is -3.35. The predicted octanol–water partition coefficient (Wildman–Crippen LogP) is 4.42. The molecule has 0 fully saturated rings. The number of benzene rings is 1. The first kappa shape index (κ1) is 27.7. The van der Waals surface area contributed by atoms with Gasteiger partial charge in [-0.15, -0.1) is 21.5 Å². The Labute approximate surface area is 226 Å². The predicted molar refractivity (Wildman–Crippen MR) is 146 cm³/mol. The van der Waals surface area contributed by atoms with Gasteiger partial charge in [0, 0.05) is 29.9 Å². The van der Waals surface area contributed by atoms with Crippen LogP contribution in [0.4, 0.5) is 0 Å². The normalized spacial score (nSPS) is 13.3. The zero-order valence-corrected chi connectivity index (χ0v) is 24.1. The van der Waals surface area contributed by atoms with Crippen molar-refractivity contribution in [3.8, 4) is 28.6 Å². The van der Waals surface area contributed by atoms with Crippen molar-refractivity contribution in [2.24, 2.45) is 0 Å². The van der Waals surface area contributed by atoms with E-state index in [0.717, 1.165) is 16.1 Å². The van der Waals surface area contributed by atoms with Crippen LogP contribution in [-0.2, 0) is 20.3 Å². The topological polar surface area (TPSA) is 118 Å². The lowest BCUT2D eigenvalue weighted by Crippen LogP contribution is -2.29. The van der Waals surface area contributed by atoms with Crippen LogP contribution in [0.25, 0.3) is 17.1 Å². The van der Waals surface area contributed by atoms with Gasteiger partial charge in [-0.2, -0.15) is 0 Å². The average Bonchev–Trinajstić information content (AvgIpc) is 3.45. The molecule has 0 amide bonds. The summed E-state index contributed by atoms with van der Waals surface area (Å²) in [5, 5.41) is 8.45. The lowest BCUT2D eigenvalue weighted by atomic mass is 10.2. The van der Waals surface area contributed by atoms with Crippen molar-refractivity contribution in [1.29, 1.82) is 0 Å². The van der Waals surface area contributed by atoms with E-state index in [2.05, 4.69) is 20.2 Å². The number of aromatic nitrogens is 5. The second kappa shape index (κ2) is 11.2. The van der Waals surface area contributed by atoms with Gasteiger partial charge >= 0.3 is 0 Å². The minimum Gasteiger partial charge on any atom is -0.494 e. The van der Waals surface area contributed by atoms with Crippen LogP contribution in [-0.4, -0.2) is 59.7 Å². The number of hydrogen-bond donors (Lipinski definition) is 0. The fourth-order valence-corrected chi connectivity index (χ4v) is 6.79. The Morgan fingerprint density at radius 2 is 1.71 bits per heavy atom. The van der Waals surface area contributed by atoms with Crippen LogP contribution in [0.2, 0.25) is 0 Å². The maximum atomic E-state index is 13.8. The van der Waals surface area contributed by atoms with Gasteiger partial charge in [-0.05, 0) is 51.5 Å². The summed E-state index contributed by atoms with van der Waals surface area (Å²) in [6, 6.07) is 7.24. The molecule has 4 rings (SSSR count). The third-order valence-electron chi connectivity index (χ3n) is 6.35. The largest absolute Gasteiger partial charge is 0.494 e. The Bertz CT molecular complexity index is 1510. The standard InChI is InChI=1S/C26H31N5O5S2/c1-15-11-19(13-27-12-15)25-30-29-22(31(25)23-20(34-5)9-8-10-21(23)35-6)14-38(32,33)18(4)24(36-7)26-28-16(2)17(3)37-26/h8-13,18,24H,14H2,1-7H3/t18-,24-/m1/s1. The number of nitrogens with zero attached hydrogens (tertiary/aromatic N) is 5. The number of para-hydroxylation sites is 1. The highest BCUT2D eigenvalue weighted by Crippen LogP contribution is 2.37. The molecule has 0 unspecified atom stereocenters.